The van der Waals surface area contributed by atoms with Gasteiger partial charge in [-0.1, -0.05) is 24.3 Å². The first-order chi connectivity index (χ1) is 14.3. The summed E-state index contributed by atoms with van der Waals surface area (Å²) in [5, 5.41) is 11.1. The van der Waals surface area contributed by atoms with Gasteiger partial charge in [0.2, 0.25) is 5.91 Å². The molecular formula is C21H20N6O2. The molecule has 0 spiro atoms. The molecular weight excluding hydrogens is 368 g/mol. The average Bonchev–Trinajstić information content (AvgIpc) is 3.44. The van der Waals surface area contributed by atoms with E-state index in [1.54, 1.807) is 11.0 Å². The van der Waals surface area contributed by atoms with Gasteiger partial charge in [-0.05, 0) is 53.1 Å². The maximum Gasteiger partial charge on any atom is 0.227 e. The number of benzene rings is 2. The number of aromatic nitrogens is 5. The van der Waals surface area contributed by atoms with Crippen molar-refractivity contribution in [2.75, 3.05) is 13.1 Å². The summed E-state index contributed by atoms with van der Waals surface area (Å²) in [7, 11) is 0. The monoisotopic (exact) mass is 388 g/mol. The minimum atomic E-state index is 0.126. The number of para-hydroxylation sites is 2. The number of hydrogen-bond acceptors (Lipinski definition) is 6. The maximum atomic E-state index is 12.9. The van der Waals surface area contributed by atoms with Crippen molar-refractivity contribution in [1.29, 1.82) is 0 Å². The molecule has 1 unspecified atom stereocenters. The Morgan fingerprint density at radius 3 is 2.79 bits per heavy atom. The molecule has 1 atom stereocenters. The number of likely N-dealkylation sites (tertiary alicyclic amines) is 1. The molecule has 0 radical (unpaired) electrons. The molecule has 1 fully saturated rings. The summed E-state index contributed by atoms with van der Waals surface area (Å²) in [6.45, 7) is 1.42. The largest absolute Gasteiger partial charge is 0.440 e. The van der Waals surface area contributed by atoms with E-state index in [0.717, 1.165) is 47.6 Å². The van der Waals surface area contributed by atoms with Gasteiger partial charge in [0, 0.05) is 13.1 Å². The molecule has 3 heterocycles. The Morgan fingerprint density at radius 2 is 2.00 bits per heavy atom. The third-order valence-corrected chi connectivity index (χ3v) is 5.34. The van der Waals surface area contributed by atoms with Gasteiger partial charge in [-0.15, -0.1) is 5.10 Å². The van der Waals surface area contributed by atoms with Gasteiger partial charge in [-0.2, -0.15) is 0 Å². The van der Waals surface area contributed by atoms with Crippen LogP contribution in [0.4, 0.5) is 0 Å². The minimum absolute atomic E-state index is 0.126. The molecule has 8 heteroatoms. The minimum Gasteiger partial charge on any atom is -0.440 e. The second-order valence-corrected chi connectivity index (χ2v) is 7.30. The highest BCUT2D eigenvalue weighted by atomic mass is 16.3. The van der Waals surface area contributed by atoms with Crippen LogP contribution in [-0.2, 0) is 11.2 Å². The number of piperidine rings is 1. The van der Waals surface area contributed by atoms with Crippen molar-refractivity contribution >= 4 is 17.0 Å². The lowest BCUT2D eigenvalue weighted by molar-refractivity contribution is -0.131. The maximum absolute atomic E-state index is 12.9. The van der Waals surface area contributed by atoms with E-state index < -0.39 is 0 Å². The van der Waals surface area contributed by atoms with E-state index in [9.17, 15) is 4.79 Å². The highest BCUT2D eigenvalue weighted by Gasteiger charge is 2.28. The van der Waals surface area contributed by atoms with Gasteiger partial charge < -0.3 is 9.32 Å². The molecule has 2 aromatic heterocycles. The first-order valence-corrected chi connectivity index (χ1v) is 9.72. The van der Waals surface area contributed by atoms with Crippen molar-refractivity contribution in [3.8, 4) is 5.69 Å². The smallest absolute Gasteiger partial charge is 0.227 e. The van der Waals surface area contributed by atoms with E-state index in [2.05, 4.69) is 20.5 Å². The molecule has 0 aliphatic carbocycles. The van der Waals surface area contributed by atoms with Crippen LogP contribution in [0.1, 0.15) is 30.2 Å². The van der Waals surface area contributed by atoms with E-state index in [4.69, 9.17) is 4.42 Å². The lowest BCUT2D eigenvalue weighted by atomic mass is 9.97. The summed E-state index contributed by atoms with van der Waals surface area (Å²) in [6, 6.07) is 15.5. The lowest BCUT2D eigenvalue weighted by Crippen LogP contribution is -2.40. The number of hydrogen-bond donors (Lipinski definition) is 0. The van der Waals surface area contributed by atoms with Gasteiger partial charge in [0.1, 0.15) is 11.8 Å². The van der Waals surface area contributed by atoms with Crippen LogP contribution in [0.3, 0.4) is 0 Å². The zero-order valence-corrected chi connectivity index (χ0v) is 15.8. The highest BCUT2D eigenvalue weighted by Crippen LogP contribution is 2.29. The zero-order chi connectivity index (χ0) is 19.6. The van der Waals surface area contributed by atoms with Crippen LogP contribution < -0.4 is 0 Å². The SMILES string of the molecule is O=C(Cc1ccc(-n2cnnn2)cc1)N1CCCC(c2nc3ccccc3o2)C1. The molecule has 8 nitrogen and oxygen atoms in total. The second-order valence-electron chi connectivity index (χ2n) is 7.30. The van der Waals surface area contributed by atoms with Gasteiger partial charge in [-0.25, -0.2) is 9.67 Å². The van der Waals surface area contributed by atoms with Crippen LogP contribution >= 0.6 is 0 Å². The Morgan fingerprint density at radius 1 is 1.14 bits per heavy atom. The average molecular weight is 388 g/mol. The zero-order valence-electron chi connectivity index (χ0n) is 15.8. The van der Waals surface area contributed by atoms with Crippen LogP contribution in [0.2, 0.25) is 0 Å². The van der Waals surface area contributed by atoms with Gasteiger partial charge in [-0.3, -0.25) is 4.79 Å². The number of amides is 1. The topological polar surface area (TPSA) is 89.9 Å². The van der Waals surface area contributed by atoms with E-state index in [1.807, 2.05) is 53.4 Å². The predicted octanol–water partition coefficient (Wildman–Crippen LogP) is 2.75. The first kappa shape index (κ1) is 17.5. The number of carbonyl (C=O) groups is 1. The fourth-order valence-electron chi connectivity index (χ4n) is 3.80. The van der Waals surface area contributed by atoms with Gasteiger partial charge in [0.15, 0.2) is 11.5 Å². The molecule has 5 rings (SSSR count). The predicted molar refractivity (Wildman–Crippen MR) is 105 cm³/mol. The van der Waals surface area contributed by atoms with E-state index in [-0.39, 0.29) is 11.8 Å². The summed E-state index contributed by atoms with van der Waals surface area (Å²) in [5.74, 6) is 0.998. The summed E-state index contributed by atoms with van der Waals surface area (Å²) in [6.07, 6.45) is 3.85. The molecule has 4 aromatic rings. The fraction of sp³-hybridized carbons (Fsp3) is 0.286. The number of rotatable bonds is 4. The number of oxazole rings is 1. The number of carbonyl (C=O) groups excluding carboxylic acids is 1. The van der Waals surface area contributed by atoms with Crippen LogP contribution in [0, 0.1) is 0 Å². The van der Waals surface area contributed by atoms with Gasteiger partial charge in [0.25, 0.3) is 0 Å². The van der Waals surface area contributed by atoms with Crippen molar-refractivity contribution in [1.82, 2.24) is 30.1 Å². The number of nitrogens with zero attached hydrogens (tertiary/aromatic N) is 6. The Hall–Kier alpha value is -3.55. The molecule has 0 bridgehead atoms. The van der Waals surface area contributed by atoms with E-state index >= 15 is 0 Å². The van der Waals surface area contributed by atoms with Crippen molar-refractivity contribution in [3.05, 3.63) is 66.3 Å². The van der Waals surface area contributed by atoms with Crippen LogP contribution in [0.15, 0.2) is 59.3 Å². The summed E-state index contributed by atoms with van der Waals surface area (Å²) in [5.41, 5.74) is 3.50. The number of tetrazole rings is 1. The van der Waals surface area contributed by atoms with Gasteiger partial charge in [0.05, 0.1) is 18.0 Å². The highest BCUT2D eigenvalue weighted by molar-refractivity contribution is 5.79. The standard InChI is InChI=1S/C21H20N6O2/c28-20(12-15-7-9-17(10-8-15)27-14-22-24-25-27)26-11-3-4-16(13-26)21-23-18-5-1-2-6-19(18)29-21/h1-2,5-10,14,16H,3-4,11-13H2. The summed E-state index contributed by atoms with van der Waals surface area (Å²) < 4.78 is 7.52. The fourth-order valence-corrected chi connectivity index (χ4v) is 3.80. The van der Waals surface area contributed by atoms with Crippen molar-refractivity contribution < 1.29 is 9.21 Å². The normalized spacial score (nSPS) is 17.0. The molecule has 29 heavy (non-hydrogen) atoms. The van der Waals surface area contributed by atoms with E-state index in [1.165, 1.54) is 0 Å². The molecule has 0 N–H and O–H groups in total. The Bertz CT molecular complexity index is 1090. The quantitative estimate of drug-likeness (QED) is 0.534. The van der Waals surface area contributed by atoms with Crippen molar-refractivity contribution in [3.63, 3.8) is 0 Å². The second kappa shape index (κ2) is 7.46. The van der Waals surface area contributed by atoms with Crippen LogP contribution in [-0.4, -0.2) is 49.1 Å². The molecule has 1 amide bonds. The molecule has 0 saturated carbocycles. The van der Waals surface area contributed by atoms with E-state index in [0.29, 0.717) is 13.0 Å². The summed E-state index contributed by atoms with van der Waals surface area (Å²) in [4.78, 5) is 19.4. The third kappa shape index (κ3) is 3.61. The first-order valence-electron chi connectivity index (χ1n) is 9.72. The molecule has 2 aromatic carbocycles. The summed E-state index contributed by atoms with van der Waals surface area (Å²) >= 11 is 0. The Balaban J connectivity index is 1.26. The van der Waals surface area contributed by atoms with Crippen molar-refractivity contribution in [2.45, 2.75) is 25.2 Å². The molecule has 1 aliphatic heterocycles. The molecule has 1 aliphatic rings. The Kier molecular flexibility index (Phi) is 4.51. The molecule has 1 saturated heterocycles. The Labute approximate surface area is 167 Å². The third-order valence-electron chi connectivity index (χ3n) is 5.34. The van der Waals surface area contributed by atoms with Crippen LogP contribution in [0.25, 0.3) is 16.8 Å². The number of fused-ring (bicyclic) bond motifs is 1. The van der Waals surface area contributed by atoms with Crippen molar-refractivity contribution in [2.24, 2.45) is 0 Å². The van der Waals surface area contributed by atoms with Gasteiger partial charge >= 0.3 is 0 Å². The molecule has 146 valence electrons. The van der Waals surface area contributed by atoms with Crippen LogP contribution in [0.5, 0.6) is 0 Å². The lowest BCUT2D eigenvalue weighted by Gasteiger charge is -2.31.